The number of nitrogens with two attached hydrogens (primary N) is 1. The van der Waals surface area contributed by atoms with E-state index >= 15 is 0 Å². The van der Waals surface area contributed by atoms with Crippen molar-refractivity contribution in [2.45, 2.75) is 19.9 Å². The molecule has 18 heavy (non-hydrogen) atoms. The molecule has 1 aliphatic rings. The third kappa shape index (κ3) is 3.43. The van der Waals surface area contributed by atoms with Crippen LogP contribution in [0.4, 0.5) is 10.1 Å². The number of rotatable bonds is 4. The zero-order valence-corrected chi connectivity index (χ0v) is 11.0. The highest BCUT2D eigenvalue weighted by molar-refractivity contribution is 5.41. The molecule has 0 bridgehead atoms. The molecule has 1 aromatic carbocycles. The van der Waals surface area contributed by atoms with Gasteiger partial charge in [0.25, 0.3) is 0 Å². The van der Waals surface area contributed by atoms with Crippen LogP contribution in [0.15, 0.2) is 18.2 Å². The molecule has 1 aliphatic heterocycles. The van der Waals surface area contributed by atoms with Crippen LogP contribution in [0.5, 0.6) is 0 Å². The number of hydrogen-bond donors (Lipinski definition) is 1. The van der Waals surface area contributed by atoms with Gasteiger partial charge < -0.3 is 10.6 Å². The third-order valence-electron chi connectivity index (χ3n) is 3.48. The van der Waals surface area contributed by atoms with Crippen molar-refractivity contribution in [3.63, 3.8) is 0 Å². The van der Waals surface area contributed by atoms with Crippen molar-refractivity contribution in [1.29, 1.82) is 0 Å². The van der Waals surface area contributed by atoms with Crippen LogP contribution in [0, 0.1) is 5.82 Å². The van der Waals surface area contributed by atoms with Gasteiger partial charge in [-0.2, -0.15) is 0 Å². The third-order valence-corrected chi connectivity index (χ3v) is 3.48. The Morgan fingerprint density at radius 1 is 1.17 bits per heavy atom. The highest BCUT2D eigenvalue weighted by atomic mass is 19.1. The first-order valence-electron chi connectivity index (χ1n) is 6.67. The van der Waals surface area contributed by atoms with Crippen LogP contribution in [-0.4, -0.2) is 42.5 Å². The van der Waals surface area contributed by atoms with E-state index in [1.807, 2.05) is 6.07 Å². The summed E-state index contributed by atoms with van der Waals surface area (Å²) in [7, 11) is 0. The van der Waals surface area contributed by atoms with Gasteiger partial charge in [-0.3, -0.25) is 4.90 Å². The molecule has 2 N–H and O–H groups in total. The highest BCUT2D eigenvalue weighted by Crippen LogP contribution is 2.14. The van der Waals surface area contributed by atoms with Crippen LogP contribution in [0.3, 0.4) is 0 Å². The highest BCUT2D eigenvalue weighted by Gasteiger charge is 2.16. The van der Waals surface area contributed by atoms with Crippen LogP contribution in [0.1, 0.15) is 18.9 Å². The standard InChI is InChI=1S/C14H22FN3/c1-2-5-17-6-8-18(9-7-17)11-12-3-4-14(16)13(15)10-12/h3-4,10H,2,5-9,11,16H2,1H3. The molecule has 0 amide bonds. The monoisotopic (exact) mass is 251 g/mol. The minimum Gasteiger partial charge on any atom is -0.396 e. The first-order valence-corrected chi connectivity index (χ1v) is 6.67. The number of hydrogen-bond acceptors (Lipinski definition) is 3. The minimum atomic E-state index is -0.308. The predicted molar refractivity (Wildman–Crippen MR) is 72.8 cm³/mol. The van der Waals surface area contributed by atoms with Crippen molar-refractivity contribution in [2.24, 2.45) is 0 Å². The lowest BCUT2D eigenvalue weighted by Gasteiger charge is -2.34. The molecular weight excluding hydrogens is 229 g/mol. The Labute approximate surface area is 108 Å². The van der Waals surface area contributed by atoms with Gasteiger partial charge in [0.15, 0.2) is 0 Å². The summed E-state index contributed by atoms with van der Waals surface area (Å²) >= 11 is 0. The smallest absolute Gasteiger partial charge is 0.146 e. The maximum absolute atomic E-state index is 13.3. The summed E-state index contributed by atoms with van der Waals surface area (Å²) in [6.45, 7) is 8.57. The molecule has 1 saturated heterocycles. The second-order valence-corrected chi connectivity index (χ2v) is 4.97. The number of anilines is 1. The summed E-state index contributed by atoms with van der Waals surface area (Å²) < 4.78 is 13.3. The Hall–Kier alpha value is -1.13. The molecular formula is C14H22FN3. The van der Waals surface area contributed by atoms with Gasteiger partial charge in [-0.1, -0.05) is 13.0 Å². The lowest BCUT2D eigenvalue weighted by Crippen LogP contribution is -2.45. The van der Waals surface area contributed by atoms with Crippen molar-refractivity contribution in [1.82, 2.24) is 9.80 Å². The maximum Gasteiger partial charge on any atom is 0.146 e. The van der Waals surface area contributed by atoms with Crippen LogP contribution in [0.25, 0.3) is 0 Å². The van der Waals surface area contributed by atoms with E-state index < -0.39 is 0 Å². The van der Waals surface area contributed by atoms with Crippen molar-refractivity contribution in [3.05, 3.63) is 29.6 Å². The van der Waals surface area contributed by atoms with Crippen LogP contribution >= 0.6 is 0 Å². The molecule has 0 radical (unpaired) electrons. The van der Waals surface area contributed by atoms with Gasteiger partial charge in [-0.25, -0.2) is 4.39 Å². The van der Waals surface area contributed by atoms with Crippen LogP contribution < -0.4 is 5.73 Å². The quantitative estimate of drug-likeness (QED) is 0.830. The molecule has 0 aromatic heterocycles. The molecule has 0 atom stereocenters. The Morgan fingerprint density at radius 2 is 1.83 bits per heavy atom. The summed E-state index contributed by atoms with van der Waals surface area (Å²) in [4.78, 5) is 4.86. The average molecular weight is 251 g/mol. The first-order chi connectivity index (χ1) is 8.69. The normalized spacial score (nSPS) is 18.1. The summed E-state index contributed by atoms with van der Waals surface area (Å²) in [6, 6.07) is 5.11. The van der Waals surface area contributed by atoms with E-state index in [2.05, 4.69) is 16.7 Å². The molecule has 0 aliphatic carbocycles. The zero-order valence-electron chi connectivity index (χ0n) is 11.0. The fourth-order valence-corrected chi connectivity index (χ4v) is 2.41. The number of halogens is 1. The number of nitrogen functional groups attached to an aromatic ring is 1. The first kappa shape index (κ1) is 13.3. The largest absolute Gasteiger partial charge is 0.396 e. The van der Waals surface area contributed by atoms with Crippen molar-refractivity contribution >= 4 is 5.69 Å². The topological polar surface area (TPSA) is 32.5 Å². The van der Waals surface area contributed by atoms with Gasteiger partial charge >= 0.3 is 0 Å². The van der Waals surface area contributed by atoms with Crippen molar-refractivity contribution in [3.8, 4) is 0 Å². The predicted octanol–water partition coefficient (Wildman–Crippen LogP) is 1.94. The van der Waals surface area contributed by atoms with Crippen LogP contribution in [-0.2, 0) is 6.54 Å². The number of piperazine rings is 1. The molecule has 1 aromatic rings. The summed E-state index contributed by atoms with van der Waals surface area (Å²) in [5.74, 6) is -0.308. The average Bonchev–Trinajstić information content (AvgIpc) is 2.37. The molecule has 0 spiro atoms. The Bertz CT molecular complexity index is 387. The van der Waals surface area contributed by atoms with Crippen LogP contribution in [0.2, 0.25) is 0 Å². The van der Waals surface area contributed by atoms with E-state index in [-0.39, 0.29) is 11.5 Å². The van der Waals surface area contributed by atoms with Gasteiger partial charge in [0.05, 0.1) is 5.69 Å². The molecule has 3 nitrogen and oxygen atoms in total. The van der Waals surface area contributed by atoms with Crippen molar-refractivity contribution in [2.75, 3.05) is 38.5 Å². The van der Waals surface area contributed by atoms with E-state index in [4.69, 9.17) is 5.73 Å². The van der Waals surface area contributed by atoms with Gasteiger partial charge in [-0.05, 0) is 30.7 Å². The maximum atomic E-state index is 13.3. The van der Waals surface area contributed by atoms with Gasteiger partial charge in [-0.15, -0.1) is 0 Å². The summed E-state index contributed by atoms with van der Waals surface area (Å²) in [6.07, 6.45) is 1.21. The summed E-state index contributed by atoms with van der Waals surface area (Å²) in [5.41, 5.74) is 6.71. The molecule has 2 rings (SSSR count). The second-order valence-electron chi connectivity index (χ2n) is 4.97. The van der Waals surface area contributed by atoms with Gasteiger partial charge in [0.1, 0.15) is 5.82 Å². The summed E-state index contributed by atoms with van der Waals surface area (Å²) in [5, 5.41) is 0. The van der Waals surface area contributed by atoms with Gasteiger partial charge in [0.2, 0.25) is 0 Å². The minimum absolute atomic E-state index is 0.228. The zero-order chi connectivity index (χ0) is 13.0. The Balaban J connectivity index is 1.85. The van der Waals surface area contributed by atoms with E-state index in [1.54, 1.807) is 12.1 Å². The Morgan fingerprint density at radius 3 is 2.44 bits per heavy atom. The molecule has 4 heteroatoms. The van der Waals surface area contributed by atoms with E-state index in [0.29, 0.717) is 0 Å². The van der Waals surface area contributed by atoms with Gasteiger partial charge in [0, 0.05) is 32.7 Å². The molecule has 0 saturated carbocycles. The van der Waals surface area contributed by atoms with E-state index in [1.165, 1.54) is 13.0 Å². The van der Waals surface area contributed by atoms with E-state index in [9.17, 15) is 4.39 Å². The molecule has 1 fully saturated rings. The molecule has 0 unspecified atom stereocenters. The van der Waals surface area contributed by atoms with Crippen molar-refractivity contribution < 1.29 is 4.39 Å². The molecule has 100 valence electrons. The lowest BCUT2D eigenvalue weighted by atomic mass is 10.1. The number of nitrogens with zero attached hydrogens (tertiary/aromatic N) is 2. The second kappa shape index (κ2) is 6.16. The van der Waals surface area contributed by atoms with E-state index in [0.717, 1.165) is 38.3 Å². The SMILES string of the molecule is CCCN1CCN(Cc2ccc(N)c(F)c2)CC1. The fourth-order valence-electron chi connectivity index (χ4n) is 2.41. The Kier molecular flexibility index (Phi) is 4.55. The molecule has 1 heterocycles. The lowest BCUT2D eigenvalue weighted by molar-refractivity contribution is 0.127. The fraction of sp³-hybridized carbons (Fsp3) is 0.571. The number of benzene rings is 1.